The van der Waals surface area contributed by atoms with Crippen molar-refractivity contribution in [2.75, 3.05) is 24.4 Å². The highest BCUT2D eigenvalue weighted by molar-refractivity contribution is 7.92. The average molecular weight is 417 g/mol. The number of nitrogens with zero attached hydrogens (tertiary/aromatic N) is 1. The molecule has 1 aliphatic carbocycles. The minimum absolute atomic E-state index is 0.111. The largest absolute Gasteiger partial charge is 0.494 e. The third-order valence-electron chi connectivity index (χ3n) is 4.99. The highest BCUT2D eigenvalue weighted by Crippen LogP contribution is 2.30. The highest BCUT2D eigenvalue weighted by Gasteiger charge is 2.27. The van der Waals surface area contributed by atoms with Gasteiger partial charge < -0.3 is 9.64 Å². The molecule has 0 bridgehead atoms. The summed E-state index contributed by atoms with van der Waals surface area (Å²) in [6, 6.07) is 11.6. The Kier molecular flexibility index (Phi) is 6.47. The van der Waals surface area contributed by atoms with Gasteiger partial charge in [0.15, 0.2) is 0 Å². The second-order valence-corrected chi connectivity index (χ2v) is 8.98. The summed E-state index contributed by atoms with van der Waals surface area (Å²) in [6.45, 7) is 7.44. The maximum absolute atomic E-state index is 13.0. The molecule has 0 atom stereocenters. The summed E-state index contributed by atoms with van der Waals surface area (Å²) >= 11 is 0. The number of carbonyl (C=O) groups excluding carboxylic acids is 1. The normalized spacial score (nSPS) is 13.8. The van der Waals surface area contributed by atoms with Gasteiger partial charge in [-0.15, -0.1) is 0 Å². The van der Waals surface area contributed by atoms with Gasteiger partial charge in [-0.1, -0.05) is 6.07 Å². The number of hydrogen-bond donors (Lipinski definition) is 1. The van der Waals surface area contributed by atoms with Crippen LogP contribution in [-0.2, 0) is 10.0 Å². The third-order valence-corrected chi connectivity index (χ3v) is 6.51. The van der Waals surface area contributed by atoms with Crippen molar-refractivity contribution in [3.63, 3.8) is 0 Å². The number of hydrogen-bond acceptors (Lipinski definition) is 4. The van der Waals surface area contributed by atoms with Crippen LogP contribution in [0.2, 0.25) is 0 Å². The second kappa shape index (κ2) is 8.86. The number of sulfonamides is 1. The predicted molar refractivity (Wildman–Crippen MR) is 114 cm³/mol. The van der Waals surface area contributed by atoms with Gasteiger partial charge in [0.05, 0.1) is 11.5 Å². The molecular formula is C22H28N2O4S. The van der Waals surface area contributed by atoms with E-state index in [1.165, 1.54) is 6.07 Å². The lowest BCUT2D eigenvalue weighted by Crippen LogP contribution is -2.32. The van der Waals surface area contributed by atoms with Crippen LogP contribution in [0.3, 0.4) is 0 Å². The zero-order valence-electron chi connectivity index (χ0n) is 17.1. The lowest BCUT2D eigenvalue weighted by atomic mass is 10.1. The van der Waals surface area contributed by atoms with Crippen molar-refractivity contribution in [2.45, 2.75) is 38.5 Å². The Morgan fingerprint density at radius 3 is 2.41 bits per heavy atom. The Balaban J connectivity index is 1.82. The molecule has 1 aliphatic rings. The van der Waals surface area contributed by atoms with E-state index in [-0.39, 0.29) is 10.8 Å². The Morgan fingerprint density at radius 1 is 1.14 bits per heavy atom. The minimum atomic E-state index is -3.83. The number of anilines is 1. The first-order valence-corrected chi connectivity index (χ1v) is 11.5. The number of amides is 1. The van der Waals surface area contributed by atoms with Crippen molar-refractivity contribution < 1.29 is 17.9 Å². The van der Waals surface area contributed by atoms with Gasteiger partial charge in [0, 0.05) is 24.3 Å². The molecule has 0 saturated heterocycles. The summed E-state index contributed by atoms with van der Waals surface area (Å²) < 4.78 is 33.9. The molecule has 0 spiro atoms. The fourth-order valence-corrected chi connectivity index (χ4v) is 4.50. The van der Waals surface area contributed by atoms with E-state index in [1.54, 1.807) is 48.2 Å². The van der Waals surface area contributed by atoms with E-state index in [0.717, 1.165) is 19.4 Å². The van der Waals surface area contributed by atoms with Gasteiger partial charge >= 0.3 is 0 Å². The summed E-state index contributed by atoms with van der Waals surface area (Å²) in [4.78, 5) is 14.8. The molecule has 2 aromatic rings. The molecule has 0 heterocycles. The third kappa shape index (κ3) is 5.29. The summed E-state index contributed by atoms with van der Waals surface area (Å²) in [5.74, 6) is 1.13. The number of nitrogens with one attached hydrogen (secondary N) is 1. The molecule has 1 fully saturated rings. The van der Waals surface area contributed by atoms with Crippen molar-refractivity contribution in [2.24, 2.45) is 5.92 Å². The second-order valence-electron chi connectivity index (χ2n) is 7.33. The molecule has 1 N–H and O–H groups in total. The maximum atomic E-state index is 13.0. The number of aryl methyl sites for hydroxylation is 1. The summed E-state index contributed by atoms with van der Waals surface area (Å²) in [5.41, 5.74) is 1.42. The van der Waals surface area contributed by atoms with Crippen LogP contribution in [0, 0.1) is 12.8 Å². The molecule has 0 unspecified atom stereocenters. The lowest BCUT2D eigenvalue weighted by molar-refractivity contribution is 0.0756. The van der Waals surface area contributed by atoms with Crippen LogP contribution in [0.15, 0.2) is 47.4 Å². The Hall–Kier alpha value is -2.54. The van der Waals surface area contributed by atoms with Crippen molar-refractivity contribution in [1.82, 2.24) is 4.90 Å². The molecule has 0 aliphatic heterocycles. The zero-order chi connectivity index (χ0) is 21.0. The van der Waals surface area contributed by atoms with Crippen LogP contribution in [0.4, 0.5) is 5.69 Å². The summed E-state index contributed by atoms with van der Waals surface area (Å²) in [7, 11) is -3.83. The summed E-state index contributed by atoms with van der Waals surface area (Å²) in [6.07, 6.45) is 2.31. The molecule has 2 aromatic carbocycles. The van der Waals surface area contributed by atoms with Crippen LogP contribution in [0.25, 0.3) is 0 Å². The first-order chi connectivity index (χ1) is 13.8. The molecule has 3 rings (SSSR count). The fourth-order valence-electron chi connectivity index (χ4n) is 3.17. The SMILES string of the molecule is CCOc1ccc(NS(=O)(=O)c2cc(C(=O)N(CC)CC3CC3)ccc2C)cc1. The zero-order valence-corrected chi connectivity index (χ0v) is 18.0. The Morgan fingerprint density at radius 2 is 1.83 bits per heavy atom. The van der Waals surface area contributed by atoms with E-state index in [0.29, 0.717) is 41.6 Å². The van der Waals surface area contributed by atoms with Gasteiger partial charge in [0.1, 0.15) is 5.75 Å². The Labute approximate surface area is 172 Å². The average Bonchev–Trinajstić information content (AvgIpc) is 3.51. The number of benzene rings is 2. The van der Waals surface area contributed by atoms with Crippen LogP contribution >= 0.6 is 0 Å². The van der Waals surface area contributed by atoms with E-state index in [4.69, 9.17) is 4.74 Å². The molecule has 29 heavy (non-hydrogen) atoms. The van der Waals surface area contributed by atoms with Crippen LogP contribution in [-0.4, -0.2) is 38.9 Å². The maximum Gasteiger partial charge on any atom is 0.262 e. The molecule has 0 aromatic heterocycles. The minimum Gasteiger partial charge on any atom is -0.494 e. The van der Waals surface area contributed by atoms with Crippen LogP contribution < -0.4 is 9.46 Å². The van der Waals surface area contributed by atoms with Gasteiger partial charge in [0.2, 0.25) is 0 Å². The molecule has 1 amide bonds. The predicted octanol–water partition coefficient (Wildman–Crippen LogP) is 4.07. The molecule has 6 nitrogen and oxygen atoms in total. The Bertz CT molecular complexity index is 967. The van der Waals surface area contributed by atoms with Gasteiger partial charge in [-0.2, -0.15) is 0 Å². The number of ether oxygens (including phenoxy) is 1. The standard InChI is InChI=1S/C22H28N2O4S/c1-4-24(15-17-7-8-17)22(25)18-9-6-16(3)21(14-18)29(26,27)23-19-10-12-20(13-11-19)28-5-2/h6,9-14,17,23H,4-5,7-8,15H2,1-3H3. The van der Waals surface area contributed by atoms with E-state index < -0.39 is 10.0 Å². The monoisotopic (exact) mass is 416 g/mol. The smallest absolute Gasteiger partial charge is 0.262 e. The van der Waals surface area contributed by atoms with Crippen molar-refractivity contribution in [3.8, 4) is 5.75 Å². The molecule has 7 heteroatoms. The number of carbonyl (C=O) groups is 1. The van der Waals surface area contributed by atoms with Gasteiger partial charge in [0.25, 0.3) is 15.9 Å². The first kappa shape index (κ1) is 21.2. The van der Waals surface area contributed by atoms with Gasteiger partial charge in [-0.05, 0) is 81.5 Å². The van der Waals surface area contributed by atoms with E-state index in [2.05, 4.69) is 4.72 Å². The van der Waals surface area contributed by atoms with E-state index in [1.807, 2.05) is 13.8 Å². The van der Waals surface area contributed by atoms with E-state index in [9.17, 15) is 13.2 Å². The molecule has 156 valence electrons. The lowest BCUT2D eigenvalue weighted by Gasteiger charge is -2.21. The van der Waals surface area contributed by atoms with Crippen LogP contribution in [0.5, 0.6) is 5.75 Å². The first-order valence-electron chi connectivity index (χ1n) is 9.99. The van der Waals surface area contributed by atoms with Gasteiger partial charge in [-0.3, -0.25) is 9.52 Å². The van der Waals surface area contributed by atoms with Crippen molar-refractivity contribution in [3.05, 3.63) is 53.6 Å². The fraction of sp³-hybridized carbons (Fsp3) is 0.409. The quantitative estimate of drug-likeness (QED) is 0.669. The topological polar surface area (TPSA) is 75.7 Å². The van der Waals surface area contributed by atoms with Crippen molar-refractivity contribution >= 4 is 21.6 Å². The van der Waals surface area contributed by atoms with Crippen LogP contribution in [0.1, 0.15) is 42.6 Å². The van der Waals surface area contributed by atoms with Crippen molar-refractivity contribution in [1.29, 1.82) is 0 Å². The molecular weight excluding hydrogens is 388 g/mol. The number of rotatable bonds is 9. The van der Waals surface area contributed by atoms with Gasteiger partial charge in [-0.25, -0.2) is 8.42 Å². The summed E-state index contributed by atoms with van der Waals surface area (Å²) in [5, 5.41) is 0. The molecule has 1 saturated carbocycles. The highest BCUT2D eigenvalue weighted by atomic mass is 32.2. The molecule has 0 radical (unpaired) electrons. The van der Waals surface area contributed by atoms with E-state index >= 15 is 0 Å².